The predicted molar refractivity (Wildman–Crippen MR) is 48.1 cm³/mol. The first-order chi connectivity index (χ1) is 5.71. The van der Waals surface area contributed by atoms with Crippen molar-refractivity contribution in [2.24, 2.45) is 0 Å². The Kier molecular flexibility index (Phi) is 3.52. The maximum absolute atomic E-state index is 5.04. The summed E-state index contributed by atoms with van der Waals surface area (Å²) in [5.74, 6) is 0.213. The van der Waals surface area contributed by atoms with Gasteiger partial charge in [0.25, 0.3) is 0 Å². The zero-order valence-electron chi connectivity index (χ0n) is 6.41. The lowest BCUT2D eigenvalue weighted by atomic mass is 10.6. The Labute approximate surface area is 72.9 Å². The fourth-order valence-corrected chi connectivity index (χ4v) is 0.473. The van der Waals surface area contributed by atoms with E-state index in [-0.39, 0.29) is 5.82 Å². The molecule has 0 aromatic heterocycles. The Morgan fingerprint density at radius 1 is 0.833 bits per heavy atom. The summed E-state index contributed by atoms with van der Waals surface area (Å²) in [6.45, 7) is 3.52. The topological polar surface area (TPSA) is 6.48 Å². The molecule has 56 valence electrons. The SMILES string of the molecule is C#CN(C#C)C(=C)N(C#C)C#C. The monoisotopic (exact) mass is 154 g/mol. The molecule has 2 nitrogen and oxygen atoms in total. The zero-order valence-corrected chi connectivity index (χ0v) is 6.41. The van der Waals surface area contributed by atoms with E-state index in [1.54, 1.807) is 0 Å². The van der Waals surface area contributed by atoms with Crippen molar-refractivity contribution < 1.29 is 0 Å². The highest BCUT2D eigenvalue weighted by atomic mass is 15.3. The molecule has 0 N–H and O–H groups in total. The minimum atomic E-state index is 0.213. The molecule has 12 heavy (non-hydrogen) atoms. The molecule has 0 aliphatic carbocycles. The molecule has 0 radical (unpaired) electrons. The van der Waals surface area contributed by atoms with Crippen molar-refractivity contribution in [3.63, 3.8) is 0 Å². The average Bonchev–Trinajstić information content (AvgIpc) is 2.09. The number of rotatable bonds is 2. The highest BCUT2D eigenvalue weighted by molar-refractivity contribution is 5.20. The van der Waals surface area contributed by atoms with E-state index in [4.69, 9.17) is 25.7 Å². The maximum atomic E-state index is 5.04. The van der Waals surface area contributed by atoms with Gasteiger partial charge in [0.1, 0.15) is 5.82 Å². The summed E-state index contributed by atoms with van der Waals surface area (Å²) in [6, 6.07) is 8.66. The molecule has 0 saturated carbocycles. The van der Waals surface area contributed by atoms with Gasteiger partial charge in [-0.1, -0.05) is 32.3 Å². The fraction of sp³-hybridized carbons (Fsp3) is 0. The van der Waals surface area contributed by atoms with Crippen LogP contribution in [-0.4, -0.2) is 9.80 Å². The van der Waals surface area contributed by atoms with Gasteiger partial charge in [-0.15, -0.1) is 0 Å². The summed E-state index contributed by atoms with van der Waals surface area (Å²) in [5, 5.41) is 0. The molecule has 0 aromatic carbocycles. The van der Waals surface area contributed by atoms with Crippen LogP contribution in [0.15, 0.2) is 12.4 Å². The zero-order chi connectivity index (χ0) is 9.56. The lowest BCUT2D eigenvalue weighted by Crippen LogP contribution is -2.21. The predicted octanol–water partition coefficient (Wildman–Crippen LogP) is 0.424. The van der Waals surface area contributed by atoms with E-state index >= 15 is 0 Å². The van der Waals surface area contributed by atoms with Crippen molar-refractivity contribution in [3.8, 4) is 49.9 Å². The number of hydrogen-bond acceptors (Lipinski definition) is 2. The van der Waals surface area contributed by atoms with Crippen LogP contribution in [0, 0.1) is 49.9 Å². The highest BCUT2D eigenvalue weighted by Crippen LogP contribution is 2.02. The molecule has 2 heteroatoms. The van der Waals surface area contributed by atoms with E-state index in [0.29, 0.717) is 0 Å². The minimum Gasteiger partial charge on any atom is -0.210 e. The lowest BCUT2D eigenvalue weighted by molar-refractivity contribution is 0.521. The maximum Gasteiger partial charge on any atom is 0.146 e. The van der Waals surface area contributed by atoms with Crippen molar-refractivity contribution in [2.75, 3.05) is 0 Å². The summed E-state index contributed by atoms with van der Waals surface area (Å²) in [4.78, 5) is 2.11. The van der Waals surface area contributed by atoms with Crippen LogP contribution >= 0.6 is 0 Å². The summed E-state index contributed by atoms with van der Waals surface area (Å²) in [5.41, 5.74) is 0. The molecule has 0 aliphatic heterocycles. The molecular weight excluding hydrogens is 148 g/mol. The number of nitrogens with zero attached hydrogens (tertiary/aromatic N) is 2. The summed E-state index contributed by atoms with van der Waals surface area (Å²) in [7, 11) is 0. The molecule has 0 bridgehead atoms. The summed E-state index contributed by atoms with van der Waals surface area (Å²) < 4.78 is 0. The summed E-state index contributed by atoms with van der Waals surface area (Å²) >= 11 is 0. The Hall–Kier alpha value is -2.42. The van der Waals surface area contributed by atoms with Gasteiger partial charge in [-0.25, -0.2) is 9.80 Å². The Balaban J connectivity index is 4.68. The van der Waals surface area contributed by atoms with Gasteiger partial charge in [-0.3, -0.25) is 0 Å². The second kappa shape index (κ2) is 4.40. The molecule has 0 amide bonds. The first kappa shape index (κ1) is 9.58. The second-order valence-corrected chi connectivity index (χ2v) is 1.60. The smallest absolute Gasteiger partial charge is 0.146 e. The minimum absolute atomic E-state index is 0.213. The molecule has 0 fully saturated rings. The Morgan fingerprint density at radius 3 is 1.25 bits per heavy atom. The fourth-order valence-electron chi connectivity index (χ4n) is 0.473. The van der Waals surface area contributed by atoms with Crippen LogP contribution in [0.1, 0.15) is 0 Å². The normalized spacial score (nSPS) is 6.33. The van der Waals surface area contributed by atoms with Crippen LogP contribution in [0.3, 0.4) is 0 Å². The standard InChI is InChI=1S/C10H6N2/c1-6-11(7-2)10(5)12(8-3)9-4/h1-4H,5H2. The van der Waals surface area contributed by atoms with E-state index in [1.165, 1.54) is 0 Å². The van der Waals surface area contributed by atoms with Crippen molar-refractivity contribution in [2.45, 2.75) is 0 Å². The molecule has 0 aromatic rings. The molecule has 0 rings (SSSR count). The van der Waals surface area contributed by atoms with Gasteiger partial charge < -0.3 is 0 Å². The molecule has 0 aliphatic rings. The molecule has 0 unspecified atom stereocenters. The van der Waals surface area contributed by atoms with Gasteiger partial charge in [0.15, 0.2) is 0 Å². The van der Waals surface area contributed by atoms with Gasteiger partial charge >= 0.3 is 0 Å². The average molecular weight is 154 g/mol. The third-order valence-corrected chi connectivity index (χ3v) is 1.03. The van der Waals surface area contributed by atoms with Gasteiger partial charge in [0.2, 0.25) is 0 Å². The quantitative estimate of drug-likeness (QED) is 0.420. The van der Waals surface area contributed by atoms with Crippen molar-refractivity contribution >= 4 is 0 Å². The molecular formula is C10H6N2. The van der Waals surface area contributed by atoms with E-state index in [9.17, 15) is 0 Å². The largest absolute Gasteiger partial charge is 0.210 e. The van der Waals surface area contributed by atoms with Crippen LogP contribution in [0.25, 0.3) is 0 Å². The van der Waals surface area contributed by atoms with Crippen molar-refractivity contribution in [1.29, 1.82) is 0 Å². The van der Waals surface area contributed by atoms with Gasteiger partial charge in [-0.05, 0) is 0 Å². The Morgan fingerprint density at radius 2 is 1.08 bits per heavy atom. The Bertz CT molecular complexity index is 276. The second-order valence-electron chi connectivity index (χ2n) is 1.60. The van der Waals surface area contributed by atoms with Gasteiger partial charge in [0, 0.05) is 24.2 Å². The van der Waals surface area contributed by atoms with Crippen molar-refractivity contribution in [1.82, 2.24) is 9.80 Å². The molecule has 0 saturated heterocycles. The number of hydrogen-bond donors (Lipinski definition) is 0. The highest BCUT2D eigenvalue weighted by Gasteiger charge is 2.06. The van der Waals surface area contributed by atoms with E-state index in [0.717, 1.165) is 9.80 Å². The van der Waals surface area contributed by atoms with Gasteiger partial charge in [-0.2, -0.15) is 0 Å². The third kappa shape index (κ3) is 1.78. The van der Waals surface area contributed by atoms with E-state index in [2.05, 4.69) is 30.8 Å². The molecule has 0 spiro atoms. The molecule has 0 atom stereocenters. The van der Waals surface area contributed by atoms with Crippen LogP contribution in [0.5, 0.6) is 0 Å². The van der Waals surface area contributed by atoms with Crippen LogP contribution in [0.4, 0.5) is 0 Å². The van der Waals surface area contributed by atoms with Crippen molar-refractivity contribution in [3.05, 3.63) is 12.4 Å². The first-order valence-corrected chi connectivity index (χ1v) is 2.85. The first-order valence-electron chi connectivity index (χ1n) is 2.85. The number of terminal acetylenes is 4. The van der Waals surface area contributed by atoms with Crippen LogP contribution < -0.4 is 0 Å². The van der Waals surface area contributed by atoms with Gasteiger partial charge in [0.05, 0.1) is 0 Å². The van der Waals surface area contributed by atoms with Crippen LogP contribution in [-0.2, 0) is 0 Å². The lowest BCUT2D eigenvalue weighted by Gasteiger charge is -2.16. The third-order valence-electron chi connectivity index (χ3n) is 1.03. The van der Waals surface area contributed by atoms with Crippen LogP contribution in [0.2, 0.25) is 0 Å². The van der Waals surface area contributed by atoms with E-state index < -0.39 is 0 Å². The summed E-state index contributed by atoms with van der Waals surface area (Å²) in [6.07, 6.45) is 20.2. The van der Waals surface area contributed by atoms with E-state index in [1.807, 2.05) is 0 Å². The molecule has 0 heterocycles.